The molecule has 1 heterocycles. The minimum atomic E-state index is -0.493. The molecule has 0 saturated heterocycles. The molecule has 36 heavy (non-hydrogen) atoms. The van der Waals surface area contributed by atoms with Crippen molar-refractivity contribution in [3.8, 4) is 5.75 Å². The van der Waals surface area contributed by atoms with Crippen molar-refractivity contribution in [1.82, 2.24) is 9.97 Å². The van der Waals surface area contributed by atoms with Crippen LogP contribution >= 0.6 is 11.6 Å². The number of amides is 1. The van der Waals surface area contributed by atoms with Crippen LogP contribution in [-0.4, -0.2) is 34.9 Å². The Kier molecular flexibility index (Phi) is 7.50. The maximum atomic E-state index is 12.7. The molecule has 3 aromatic carbocycles. The summed E-state index contributed by atoms with van der Waals surface area (Å²) in [6, 6.07) is 21.1. The normalized spacial score (nSPS) is 10.9. The number of aromatic nitrogens is 2. The van der Waals surface area contributed by atoms with E-state index < -0.39 is 5.97 Å². The fourth-order valence-corrected chi connectivity index (χ4v) is 3.89. The molecule has 8 heteroatoms. The molecule has 0 spiro atoms. The van der Waals surface area contributed by atoms with Gasteiger partial charge in [-0.05, 0) is 54.4 Å². The Labute approximate surface area is 215 Å². The van der Waals surface area contributed by atoms with Crippen molar-refractivity contribution in [3.05, 3.63) is 88.8 Å². The average Bonchev–Trinajstić information content (AvgIpc) is 2.85. The molecule has 0 radical (unpaired) electrons. The van der Waals surface area contributed by atoms with Gasteiger partial charge in [0.1, 0.15) is 5.82 Å². The van der Waals surface area contributed by atoms with Crippen molar-refractivity contribution in [2.75, 3.05) is 17.3 Å². The number of nitrogens with zero attached hydrogens (tertiary/aromatic N) is 3. The zero-order valence-corrected chi connectivity index (χ0v) is 21.3. The first-order valence-corrected chi connectivity index (χ1v) is 12.0. The maximum Gasteiger partial charge on any atom is 0.308 e. The molecule has 0 atom stereocenters. The molecule has 0 aliphatic carbocycles. The second kappa shape index (κ2) is 10.7. The van der Waals surface area contributed by atoms with E-state index in [0.717, 1.165) is 16.3 Å². The van der Waals surface area contributed by atoms with Gasteiger partial charge in [0, 0.05) is 37.7 Å². The third-order valence-electron chi connectivity index (χ3n) is 5.79. The van der Waals surface area contributed by atoms with Crippen LogP contribution in [0.2, 0.25) is 5.15 Å². The smallest absolute Gasteiger partial charge is 0.308 e. The summed E-state index contributed by atoms with van der Waals surface area (Å²) in [5.41, 5.74) is 2.21. The molecule has 4 aromatic rings. The molecule has 0 aliphatic rings. The van der Waals surface area contributed by atoms with Crippen LogP contribution in [-0.2, 0) is 11.2 Å². The van der Waals surface area contributed by atoms with Gasteiger partial charge in [0.2, 0.25) is 5.75 Å². The maximum absolute atomic E-state index is 12.7. The third kappa shape index (κ3) is 5.80. The summed E-state index contributed by atoms with van der Waals surface area (Å²) in [7, 11) is 1.85. The summed E-state index contributed by atoms with van der Waals surface area (Å²) in [4.78, 5) is 35.1. The van der Waals surface area contributed by atoms with Gasteiger partial charge in [-0.1, -0.05) is 54.1 Å². The fourth-order valence-electron chi connectivity index (χ4n) is 3.67. The number of anilines is 2. The number of hydrogen-bond acceptors (Lipinski definition) is 6. The lowest BCUT2D eigenvalue weighted by molar-refractivity contribution is -0.131. The van der Waals surface area contributed by atoms with Gasteiger partial charge in [0.05, 0.1) is 0 Å². The number of nitrogens with one attached hydrogen (secondary N) is 1. The Balaban J connectivity index is 1.50. The number of esters is 1. The summed E-state index contributed by atoms with van der Waals surface area (Å²) in [6.45, 7) is 5.31. The Morgan fingerprint density at radius 2 is 1.69 bits per heavy atom. The fraction of sp³-hybridized carbons (Fsp3) is 0.214. The second-order valence-corrected chi connectivity index (χ2v) is 9.13. The van der Waals surface area contributed by atoms with Crippen LogP contribution < -0.4 is 15.0 Å². The second-order valence-electron chi connectivity index (χ2n) is 8.77. The molecule has 0 fully saturated rings. The van der Waals surface area contributed by atoms with E-state index in [9.17, 15) is 9.59 Å². The van der Waals surface area contributed by atoms with E-state index in [0.29, 0.717) is 29.3 Å². The minimum absolute atomic E-state index is 0.0805. The Bertz CT molecular complexity index is 1420. The van der Waals surface area contributed by atoms with Gasteiger partial charge >= 0.3 is 5.97 Å². The lowest BCUT2D eigenvalue weighted by atomic mass is 10.1. The van der Waals surface area contributed by atoms with Crippen LogP contribution in [0.25, 0.3) is 10.8 Å². The zero-order chi connectivity index (χ0) is 25.8. The van der Waals surface area contributed by atoms with Gasteiger partial charge in [-0.15, -0.1) is 0 Å². The van der Waals surface area contributed by atoms with Crippen molar-refractivity contribution in [2.24, 2.45) is 0 Å². The highest BCUT2D eigenvalue weighted by molar-refractivity contribution is 6.31. The lowest BCUT2D eigenvalue weighted by Crippen LogP contribution is -2.28. The number of hydrogen-bond donors (Lipinski definition) is 1. The number of carbonyl (C=O) groups excluding carboxylic acids is 2. The summed E-state index contributed by atoms with van der Waals surface area (Å²) in [6.07, 6.45) is 0.415. The van der Waals surface area contributed by atoms with E-state index in [1.807, 2.05) is 92.5 Å². The van der Waals surface area contributed by atoms with Crippen molar-refractivity contribution in [2.45, 2.75) is 33.2 Å². The summed E-state index contributed by atoms with van der Waals surface area (Å²) < 4.78 is 5.29. The molecule has 0 saturated carbocycles. The Hall–Kier alpha value is -3.97. The zero-order valence-electron chi connectivity index (χ0n) is 20.6. The van der Waals surface area contributed by atoms with Crippen molar-refractivity contribution < 1.29 is 14.3 Å². The topological polar surface area (TPSA) is 84.4 Å². The number of carbonyl (C=O) groups is 2. The third-order valence-corrected chi connectivity index (χ3v) is 6.05. The molecule has 7 nitrogen and oxygen atoms in total. The van der Waals surface area contributed by atoms with Crippen LogP contribution in [0.15, 0.2) is 66.7 Å². The first kappa shape index (κ1) is 25.1. The van der Waals surface area contributed by atoms with Gasteiger partial charge < -0.3 is 15.0 Å². The minimum Gasteiger partial charge on any atom is -0.419 e. The molecule has 0 unspecified atom stereocenters. The van der Waals surface area contributed by atoms with Gasteiger partial charge in [-0.25, -0.2) is 9.97 Å². The van der Waals surface area contributed by atoms with Gasteiger partial charge in [-0.2, -0.15) is 0 Å². The molecular formula is C28H27ClN4O3. The Morgan fingerprint density at radius 3 is 2.36 bits per heavy atom. The lowest BCUT2D eigenvalue weighted by Gasteiger charge is -2.25. The number of halogens is 1. The van der Waals surface area contributed by atoms with Crippen molar-refractivity contribution >= 4 is 45.8 Å². The van der Waals surface area contributed by atoms with Crippen molar-refractivity contribution in [1.29, 1.82) is 0 Å². The SMILES string of the molecule is CC(=O)Oc1c(Cl)nc(Cc2ccc(NC(=O)c3ccc4ccccc4c3)cc2)nc1N(C)C(C)C. The Morgan fingerprint density at radius 1 is 1.00 bits per heavy atom. The molecule has 184 valence electrons. The predicted molar refractivity (Wildman–Crippen MR) is 143 cm³/mol. The van der Waals surface area contributed by atoms with Crippen LogP contribution in [0.5, 0.6) is 5.75 Å². The van der Waals surface area contributed by atoms with E-state index >= 15 is 0 Å². The molecule has 1 N–H and O–H groups in total. The van der Waals surface area contributed by atoms with E-state index in [1.165, 1.54) is 6.92 Å². The van der Waals surface area contributed by atoms with E-state index in [2.05, 4.69) is 15.3 Å². The van der Waals surface area contributed by atoms with Crippen LogP contribution in [0.3, 0.4) is 0 Å². The highest BCUT2D eigenvalue weighted by Gasteiger charge is 2.21. The first-order chi connectivity index (χ1) is 17.2. The standard InChI is InChI=1S/C28H27ClN4O3/c1-17(2)33(4)27-25(36-18(3)34)26(29)31-24(32-27)15-19-9-13-23(14-10-19)30-28(35)22-12-11-20-7-5-6-8-21(20)16-22/h5-14,16-17H,15H2,1-4H3,(H,30,35). The van der Waals surface area contributed by atoms with E-state index in [-0.39, 0.29) is 22.9 Å². The van der Waals surface area contributed by atoms with Gasteiger partial charge in [-0.3, -0.25) is 9.59 Å². The average molecular weight is 503 g/mol. The molecule has 0 aliphatic heterocycles. The molecule has 1 aromatic heterocycles. The summed E-state index contributed by atoms with van der Waals surface area (Å²) in [5, 5.41) is 5.12. The van der Waals surface area contributed by atoms with Gasteiger partial charge in [0.25, 0.3) is 5.91 Å². The monoisotopic (exact) mass is 502 g/mol. The van der Waals surface area contributed by atoms with E-state index in [4.69, 9.17) is 16.3 Å². The predicted octanol–water partition coefficient (Wildman–Crippen LogP) is 5.90. The highest BCUT2D eigenvalue weighted by Crippen LogP contribution is 2.34. The van der Waals surface area contributed by atoms with Crippen LogP contribution in [0.4, 0.5) is 11.5 Å². The van der Waals surface area contributed by atoms with Crippen molar-refractivity contribution in [3.63, 3.8) is 0 Å². The quantitative estimate of drug-likeness (QED) is 0.250. The number of ether oxygens (including phenoxy) is 1. The summed E-state index contributed by atoms with van der Waals surface area (Å²) >= 11 is 6.37. The van der Waals surface area contributed by atoms with Crippen LogP contribution in [0, 0.1) is 0 Å². The van der Waals surface area contributed by atoms with E-state index in [1.54, 1.807) is 0 Å². The largest absolute Gasteiger partial charge is 0.419 e. The number of benzene rings is 3. The molecule has 0 bridgehead atoms. The molecule has 1 amide bonds. The van der Waals surface area contributed by atoms with Gasteiger partial charge in [0.15, 0.2) is 11.0 Å². The molecular weight excluding hydrogens is 476 g/mol. The number of fused-ring (bicyclic) bond motifs is 1. The van der Waals surface area contributed by atoms with Crippen LogP contribution in [0.1, 0.15) is 42.5 Å². The number of rotatable bonds is 7. The summed E-state index contributed by atoms with van der Waals surface area (Å²) in [5.74, 6) is 0.427. The first-order valence-electron chi connectivity index (χ1n) is 11.6. The highest BCUT2D eigenvalue weighted by atomic mass is 35.5. The molecule has 4 rings (SSSR count).